The third-order valence-electron chi connectivity index (χ3n) is 5.06. The van der Waals surface area contributed by atoms with E-state index < -0.39 is 12.5 Å². The molecule has 1 fully saturated rings. The van der Waals surface area contributed by atoms with Crippen molar-refractivity contribution in [2.75, 3.05) is 19.7 Å². The number of hydrogen-bond acceptors (Lipinski definition) is 4. The molecule has 0 unspecified atom stereocenters. The van der Waals surface area contributed by atoms with Gasteiger partial charge in [0.2, 0.25) is 0 Å². The van der Waals surface area contributed by atoms with E-state index in [1.165, 1.54) is 61.2 Å². The molecule has 24 heavy (non-hydrogen) atoms. The molecule has 136 valence electrons. The Kier molecular flexibility index (Phi) is 6.08. The summed E-state index contributed by atoms with van der Waals surface area (Å²) in [7, 11) is 0. The Morgan fingerprint density at radius 1 is 1.25 bits per heavy atom. The largest absolute Gasteiger partial charge is 0.464 e. The monoisotopic (exact) mass is 358 g/mol. The van der Waals surface area contributed by atoms with Gasteiger partial charge in [0.25, 0.3) is 11.1 Å². The Bertz CT molecular complexity index is 522. The van der Waals surface area contributed by atoms with Crippen LogP contribution in [0.15, 0.2) is 0 Å². The predicted octanol–water partition coefficient (Wildman–Crippen LogP) is 4.90. The summed E-state index contributed by atoms with van der Waals surface area (Å²) >= 11 is 1.43. The number of aromatic nitrogens is 1. The van der Waals surface area contributed by atoms with Crippen LogP contribution in [-0.2, 0) is 13.0 Å². The smallest absolute Gasteiger partial charge is 0.278 e. The van der Waals surface area contributed by atoms with Crippen molar-refractivity contribution in [3.8, 4) is 5.19 Å². The van der Waals surface area contributed by atoms with Crippen LogP contribution in [0.4, 0.5) is 8.78 Å². The lowest BCUT2D eigenvalue weighted by Crippen LogP contribution is -2.31. The fourth-order valence-electron chi connectivity index (χ4n) is 3.69. The maximum Gasteiger partial charge on any atom is 0.278 e. The second-order valence-electron chi connectivity index (χ2n) is 7.38. The minimum absolute atomic E-state index is 0.396. The zero-order valence-corrected chi connectivity index (χ0v) is 15.3. The molecule has 2 heterocycles. The zero-order valence-electron chi connectivity index (χ0n) is 14.5. The number of ether oxygens (including phenoxy) is 1. The number of halogens is 2. The van der Waals surface area contributed by atoms with E-state index in [2.05, 4.69) is 9.88 Å². The van der Waals surface area contributed by atoms with Gasteiger partial charge in [-0.2, -0.15) is 0 Å². The Morgan fingerprint density at radius 2 is 2.00 bits per heavy atom. The van der Waals surface area contributed by atoms with Gasteiger partial charge in [-0.3, -0.25) is 4.90 Å². The van der Waals surface area contributed by atoms with E-state index in [9.17, 15) is 8.78 Å². The summed E-state index contributed by atoms with van der Waals surface area (Å²) in [6.45, 7) is 3.29. The molecule has 1 aliphatic carbocycles. The zero-order chi connectivity index (χ0) is 17.0. The van der Waals surface area contributed by atoms with Gasteiger partial charge in [-0.25, -0.2) is 13.8 Å². The van der Waals surface area contributed by atoms with Crippen molar-refractivity contribution in [3.63, 3.8) is 0 Å². The second kappa shape index (κ2) is 8.09. The van der Waals surface area contributed by atoms with Gasteiger partial charge in [-0.05, 0) is 25.3 Å². The van der Waals surface area contributed by atoms with E-state index in [0.717, 1.165) is 44.6 Å². The molecule has 0 amide bonds. The fourth-order valence-corrected chi connectivity index (χ4v) is 4.59. The maximum absolute atomic E-state index is 12.9. The first-order valence-corrected chi connectivity index (χ1v) is 10.0. The highest BCUT2D eigenvalue weighted by molar-refractivity contribution is 7.13. The molecule has 0 saturated heterocycles. The van der Waals surface area contributed by atoms with E-state index in [1.54, 1.807) is 0 Å². The number of rotatable bonds is 6. The summed E-state index contributed by atoms with van der Waals surface area (Å²) in [5.41, 5.74) is 1.03. The molecule has 0 radical (unpaired) electrons. The molecule has 6 heteroatoms. The molecule has 1 aromatic heterocycles. The van der Waals surface area contributed by atoms with Crippen molar-refractivity contribution >= 4 is 11.3 Å². The SMILES string of the molecule is CC(F)(F)COc1nc2c(s1)CCN(CCC1CCCCCC1)C2. The van der Waals surface area contributed by atoms with Crippen LogP contribution < -0.4 is 4.74 Å². The van der Waals surface area contributed by atoms with Gasteiger partial charge >= 0.3 is 0 Å². The average Bonchev–Trinajstić information content (AvgIpc) is 2.75. The van der Waals surface area contributed by atoms with Gasteiger partial charge in [0.05, 0.1) is 5.69 Å². The highest BCUT2D eigenvalue weighted by atomic mass is 32.1. The standard InChI is InChI=1S/C18H28F2N2OS/c1-18(19,20)13-23-17-21-15-12-22(11-9-16(15)24-17)10-8-14-6-4-2-3-5-7-14/h14H,2-13H2,1H3. The first-order chi connectivity index (χ1) is 11.5. The summed E-state index contributed by atoms with van der Waals surface area (Å²) in [5, 5.41) is 0.396. The Labute approximate surface area is 147 Å². The minimum atomic E-state index is -2.81. The lowest BCUT2D eigenvalue weighted by atomic mass is 9.96. The molecule has 3 rings (SSSR count). The molecular weight excluding hydrogens is 330 g/mol. The summed E-state index contributed by atoms with van der Waals surface area (Å²) in [6, 6.07) is 0. The molecule has 0 aromatic carbocycles. The van der Waals surface area contributed by atoms with Crippen molar-refractivity contribution in [1.82, 2.24) is 9.88 Å². The van der Waals surface area contributed by atoms with Crippen molar-refractivity contribution < 1.29 is 13.5 Å². The third kappa shape index (κ3) is 5.38. The summed E-state index contributed by atoms with van der Waals surface area (Å²) in [5.74, 6) is -1.92. The Hall–Kier alpha value is -0.750. The summed E-state index contributed by atoms with van der Waals surface area (Å²) in [6.07, 6.45) is 10.6. The first-order valence-electron chi connectivity index (χ1n) is 9.21. The van der Waals surface area contributed by atoms with E-state index in [1.807, 2.05) is 0 Å². The van der Waals surface area contributed by atoms with Crippen LogP contribution in [0.25, 0.3) is 0 Å². The van der Waals surface area contributed by atoms with Gasteiger partial charge in [-0.15, -0.1) is 0 Å². The number of thiazole rings is 1. The Morgan fingerprint density at radius 3 is 2.71 bits per heavy atom. The van der Waals surface area contributed by atoms with Crippen LogP contribution in [0.1, 0.15) is 62.4 Å². The van der Waals surface area contributed by atoms with E-state index in [0.29, 0.717) is 5.19 Å². The third-order valence-corrected chi connectivity index (χ3v) is 6.13. The van der Waals surface area contributed by atoms with Gasteiger partial charge in [0, 0.05) is 24.9 Å². The van der Waals surface area contributed by atoms with Crippen LogP contribution in [0.2, 0.25) is 0 Å². The minimum Gasteiger partial charge on any atom is -0.464 e. The normalized spacial score (nSPS) is 20.6. The highest BCUT2D eigenvalue weighted by Crippen LogP contribution is 2.31. The Balaban J connectivity index is 1.48. The van der Waals surface area contributed by atoms with Crippen molar-refractivity contribution in [1.29, 1.82) is 0 Å². The molecule has 1 aliphatic heterocycles. The van der Waals surface area contributed by atoms with Gasteiger partial charge < -0.3 is 4.74 Å². The van der Waals surface area contributed by atoms with Crippen LogP contribution in [-0.4, -0.2) is 35.5 Å². The molecule has 3 nitrogen and oxygen atoms in total. The number of hydrogen-bond donors (Lipinski definition) is 0. The molecule has 0 bridgehead atoms. The average molecular weight is 358 g/mol. The van der Waals surface area contributed by atoms with Crippen LogP contribution in [0.3, 0.4) is 0 Å². The summed E-state index contributed by atoms with van der Waals surface area (Å²) < 4.78 is 31.0. The second-order valence-corrected chi connectivity index (χ2v) is 8.43. The maximum atomic E-state index is 12.9. The van der Waals surface area contributed by atoms with Crippen molar-refractivity contribution in [2.24, 2.45) is 5.92 Å². The lowest BCUT2D eigenvalue weighted by Gasteiger charge is -2.27. The van der Waals surface area contributed by atoms with Crippen LogP contribution >= 0.6 is 11.3 Å². The molecular formula is C18H28F2N2OS. The molecule has 0 atom stereocenters. The topological polar surface area (TPSA) is 25.4 Å². The predicted molar refractivity (Wildman–Crippen MR) is 93.0 cm³/mol. The van der Waals surface area contributed by atoms with Crippen molar-refractivity contribution in [3.05, 3.63) is 10.6 Å². The van der Waals surface area contributed by atoms with E-state index >= 15 is 0 Å². The van der Waals surface area contributed by atoms with Crippen molar-refractivity contribution in [2.45, 2.75) is 70.8 Å². The molecule has 0 spiro atoms. The highest BCUT2D eigenvalue weighted by Gasteiger charge is 2.25. The fraction of sp³-hybridized carbons (Fsp3) is 0.833. The van der Waals surface area contributed by atoms with E-state index in [4.69, 9.17) is 4.74 Å². The van der Waals surface area contributed by atoms with Crippen LogP contribution in [0, 0.1) is 5.92 Å². The number of nitrogens with zero attached hydrogens (tertiary/aromatic N) is 2. The quantitative estimate of drug-likeness (QED) is 0.677. The van der Waals surface area contributed by atoms with Gasteiger partial charge in [0.15, 0.2) is 6.61 Å². The summed E-state index contributed by atoms with van der Waals surface area (Å²) in [4.78, 5) is 8.10. The number of alkyl halides is 2. The number of fused-ring (bicyclic) bond motifs is 1. The van der Waals surface area contributed by atoms with E-state index in [-0.39, 0.29) is 0 Å². The molecule has 2 aliphatic rings. The molecule has 0 N–H and O–H groups in total. The van der Waals surface area contributed by atoms with Crippen LogP contribution in [0.5, 0.6) is 5.19 Å². The molecule has 1 saturated carbocycles. The molecule has 1 aromatic rings. The van der Waals surface area contributed by atoms with Gasteiger partial charge in [-0.1, -0.05) is 49.9 Å². The first kappa shape index (κ1) is 18.1. The van der Waals surface area contributed by atoms with Gasteiger partial charge in [0.1, 0.15) is 0 Å². The lowest BCUT2D eigenvalue weighted by molar-refractivity contribution is -0.0230.